The number of hydrogen-bond acceptors (Lipinski definition) is 3. The van der Waals surface area contributed by atoms with Crippen LogP contribution in [0.5, 0.6) is 0 Å². The van der Waals surface area contributed by atoms with Crippen LogP contribution in [0.3, 0.4) is 0 Å². The highest BCUT2D eigenvalue weighted by Crippen LogP contribution is 2.26. The summed E-state index contributed by atoms with van der Waals surface area (Å²) in [6, 6.07) is 5.08. The van der Waals surface area contributed by atoms with Gasteiger partial charge in [0.2, 0.25) is 0 Å². The lowest BCUT2D eigenvalue weighted by molar-refractivity contribution is 0.226. The monoisotopic (exact) mass is 217 g/mol. The Bertz CT molecular complexity index is 346. The molecule has 0 saturated carbocycles. The Balaban J connectivity index is 1.72. The third-order valence-corrected chi connectivity index (χ3v) is 3.95. The van der Waals surface area contributed by atoms with Gasteiger partial charge in [0.05, 0.1) is 11.9 Å². The first-order valence-corrected chi connectivity index (χ1v) is 6.24. The molecule has 2 fully saturated rings. The second-order valence-corrected chi connectivity index (χ2v) is 5.00. The van der Waals surface area contributed by atoms with E-state index < -0.39 is 0 Å². The molecule has 3 nitrogen and oxygen atoms in total. The molecule has 0 bridgehead atoms. The zero-order valence-electron chi connectivity index (χ0n) is 9.82. The van der Waals surface area contributed by atoms with Crippen LogP contribution < -0.4 is 10.2 Å². The molecule has 16 heavy (non-hydrogen) atoms. The van der Waals surface area contributed by atoms with Crippen molar-refractivity contribution in [1.82, 2.24) is 10.3 Å². The molecule has 2 atom stereocenters. The smallest absolute Gasteiger partial charge is 0.0552 e. The van der Waals surface area contributed by atoms with E-state index in [9.17, 15) is 0 Å². The van der Waals surface area contributed by atoms with Crippen molar-refractivity contribution in [3.63, 3.8) is 0 Å². The summed E-state index contributed by atoms with van der Waals surface area (Å²) >= 11 is 0. The average Bonchev–Trinajstić information content (AvgIpc) is 2.39. The third kappa shape index (κ3) is 1.80. The van der Waals surface area contributed by atoms with Crippen LogP contribution in [0.2, 0.25) is 0 Å². The van der Waals surface area contributed by atoms with E-state index in [0.717, 1.165) is 17.7 Å². The minimum absolute atomic E-state index is 0.781. The van der Waals surface area contributed by atoms with Gasteiger partial charge in [-0.25, -0.2) is 0 Å². The highest BCUT2D eigenvalue weighted by atomic mass is 15.2. The van der Waals surface area contributed by atoms with Crippen LogP contribution in [-0.2, 0) is 0 Å². The number of aryl methyl sites for hydroxylation is 1. The largest absolute Gasteiger partial charge is 0.370 e. The van der Waals surface area contributed by atoms with E-state index in [4.69, 9.17) is 0 Å². The third-order valence-electron chi connectivity index (χ3n) is 3.95. The summed E-state index contributed by atoms with van der Waals surface area (Å²) < 4.78 is 0. The highest BCUT2D eigenvalue weighted by Gasteiger charge is 2.32. The van der Waals surface area contributed by atoms with E-state index in [1.807, 2.05) is 13.1 Å². The Morgan fingerprint density at radius 2 is 2.19 bits per heavy atom. The molecule has 1 N–H and O–H groups in total. The molecule has 0 unspecified atom stereocenters. The normalized spacial score (nSPS) is 29.2. The fraction of sp³-hybridized carbons (Fsp3) is 0.615. The van der Waals surface area contributed by atoms with Crippen molar-refractivity contribution in [1.29, 1.82) is 0 Å². The molecular formula is C13H19N3. The van der Waals surface area contributed by atoms with Crippen molar-refractivity contribution in [2.75, 3.05) is 24.5 Å². The predicted molar refractivity (Wildman–Crippen MR) is 65.7 cm³/mol. The van der Waals surface area contributed by atoms with Gasteiger partial charge in [-0.15, -0.1) is 0 Å². The first-order chi connectivity index (χ1) is 7.83. The van der Waals surface area contributed by atoms with Crippen molar-refractivity contribution >= 4 is 5.69 Å². The Hall–Kier alpha value is -1.09. The Labute approximate surface area is 96.9 Å². The molecular weight excluding hydrogens is 198 g/mol. The summed E-state index contributed by atoms with van der Waals surface area (Å²) in [6.07, 6.45) is 4.61. The number of aromatic nitrogens is 1. The topological polar surface area (TPSA) is 28.2 Å². The molecule has 0 aliphatic carbocycles. The van der Waals surface area contributed by atoms with Gasteiger partial charge in [0.1, 0.15) is 0 Å². The standard InChI is InChI=1S/C13H19N3/c1-10-2-3-12(9-14-10)16-6-4-11-8-15-13(11)5-7-16/h2-3,9,11,13,15H,4-8H2,1H3/t11-,13-/m0/s1. The molecule has 1 aromatic heterocycles. The van der Waals surface area contributed by atoms with Gasteiger partial charge in [-0.3, -0.25) is 4.98 Å². The van der Waals surface area contributed by atoms with Crippen LogP contribution in [-0.4, -0.2) is 30.7 Å². The summed E-state index contributed by atoms with van der Waals surface area (Å²) in [5.74, 6) is 0.920. The summed E-state index contributed by atoms with van der Waals surface area (Å²) in [5, 5.41) is 3.53. The van der Waals surface area contributed by atoms with Crippen LogP contribution in [0.25, 0.3) is 0 Å². The van der Waals surface area contributed by atoms with Crippen molar-refractivity contribution in [2.24, 2.45) is 5.92 Å². The summed E-state index contributed by atoms with van der Waals surface area (Å²) in [5.41, 5.74) is 2.38. The summed E-state index contributed by atoms with van der Waals surface area (Å²) in [4.78, 5) is 6.86. The van der Waals surface area contributed by atoms with Gasteiger partial charge < -0.3 is 10.2 Å². The first kappa shape index (κ1) is 10.1. The number of anilines is 1. The Morgan fingerprint density at radius 3 is 2.88 bits per heavy atom. The van der Waals surface area contributed by atoms with Gasteiger partial charge in [0.15, 0.2) is 0 Å². The van der Waals surface area contributed by atoms with Gasteiger partial charge in [-0.1, -0.05) is 0 Å². The molecule has 0 aromatic carbocycles. The number of pyridine rings is 1. The predicted octanol–water partition coefficient (Wildman–Crippen LogP) is 1.58. The minimum Gasteiger partial charge on any atom is -0.370 e. The van der Waals surface area contributed by atoms with Gasteiger partial charge in [0.25, 0.3) is 0 Å². The lowest BCUT2D eigenvalue weighted by Crippen LogP contribution is -2.52. The van der Waals surface area contributed by atoms with Crippen LogP contribution >= 0.6 is 0 Å². The lowest BCUT2D eigenvalue weighted by Gasteiger charge is -2.36. The summed E-state index contributed by atoms with van der Waals surface area (Å²) in [7, 11) is 0. The fourth-order valence-corrected chi connectivity index (χ4v) is 2.73. The van der Waals surface area contributed by atoms with Crippen molar-refractivity contribution in [2.45, 2.75) is 25.8 Å². The van der Waals surface area contributed by atoms with E-state index in [2.05, 4.69) is 27.3 Å². The van der Waals surface area contributed by atoms with Gasteiger partial charge in [-0.05, 0) is 44.4 Å². The molecule has 3 heterocycles. The number of fused-ring (bicyclic) bond motifs is 1. The molecule has 2 aliphatic heterocycles. The van der Waals surface area contributed by atoms with Gasteiger partial charge in [-0.2, -0.15) is 0 Å². The van der Waals surface area contributed by atoms with Crippen molar-refractivity contribution < 1.29 is 0 Å². The van der Waals surface area contributed by atoms with Crippen LogP contribution in [0.4, 0.5) is 5.69 Å². The van der Waals surface area contributed by atoms with E-state index in [-0.39, 0.29) is 0 Å². The average molecular weight is 217 g/mol. The molecule has 0 amide bonds. The second kappa shape index (κ2) is 4.06. The van der Waals surface area contributed by atoms with E-state index in [1.54, 1.807) is 0 Å². The second-order valence-electron chi connectivity index (χ2n) is 5.00. The van der Waals surface area contributed by atoms with E-state index >= 15 is 0 Å². The maximum Gasteiger partial charge on any atom is 0.0552 e. The molecule has 2 saturated heterocycles. The van der Waals surface area contributed by atoms with E-state index in [1.165, 1.54) is 38.2 Å². The zero-order chi connectivity index (χ0) is 11.0. The van der Waals surface area contributed by atoms with E-state index in [0.29, 0.717) is 0 Å². The zero-order valence-corrected chi connectivity index (χ0v) is 9.82. The number of rotatable bonds is 1. The molecule has 1 aromatic rings. The van der Waals surface area contributed by atoms with Crippen LogP contribution in [0.15, 0.2) is 18.3 Å². The Kier molecular flexibility index (Phi) is 2.56. The van der Waals surface area contributed by atoms with Gasteiger partial charge >= 0.3 is 0 Å². The number of nitrogens with zero attached hydrogens (tertiary/aromatic N) is 2. The SMILES string of the molecule is Cc1ccc(N2CC[C@H]3CN[C@H]3CC2)cn1. The van der Waals surface area contributed by atoms with Gasteiger partial charge in [0, 0.05) is 24.8 Å². The maximum atomic E-state index is 4.38. The number of nitrogens with one attached hydrogen (secondary N) is 1. The lowest BCUT2D eigenvalue weighted by atomic mass is 9.88. The minimum atomic E-state index is 0.781. The highest BCUT2D eigenvalue weighted by molar-refractivity contribution is 5.44. The first-order valence-electron chi connectivity index (χ1n) is 6.24. The van der Waals surface area contributed by atoms with Crippen LogP contribution in [0.1, 0.15) is 18.5 Å². The van der Waals surface area contributed by atoms with Crippen molar-refractivity contribution in [3.05, 3.63) is 24.0 Å². The Morgan fingerprint density at radius 1 is 1.31 bits per heavy atom. The number of hydrogen-bond donors (Lipinski definition) is 1. The maximum absolute atomic E-state index is 4.38. The summed E-state index contributed by atoms with van der Waals surface area (Å²) in [6.45, 7) is 5.62. The molecule has 2 aliphatic rings. The van der Waals surface area contributed by atoms with Crippen LogP contribution in [0, 0.1) is 12.8 Å². The molecule has 3 rings (SSSR count). The molecule has 0 spiro atoms. The molecule has 86 valence electrons. The quantitative estimate of drug-likeness (QED) is 0.774. The molecule has 0 radical (unpaired) electrons. The fourth-order valence-electron chi connectivity index (χ4n) is 2.73. The molecule has 3 heteroatoms. The van der Waals surface area contributed by atoms with Crippen molar-refractivity contribution in [3.8, 4) is 0 Å².